The zero-order chi connectivity index (χ0) is 14.5. The number of thiazole rings is 1. The van der Waals surface area contributed by atoms with Crippen LogP contribution in [0.15, 0.2) is 24.5 Å². The van der Waals surface area contributed by atoms with Crippen molar-refractivity contribution in [1.29, 1.82) is 0 Å². The van der Waals surface area contributed by atoms with Crippen molar-refractivity contribution >= 4 is 17.2 Å². The van der Waals surface area contributed by atoms with Gasteiger partial charge in [-0.3, -0.25) is 9.78 Å². The Kier molecular flexibility index (Phi) is 4.84. The van der Waals surface area contributed by atoms with Crippen LogP contribution in [0.1, 0.15) is 40.5 Å². The van der Waals surface area contributed by atoms with Gasteiger partial charge in [-0.25, -0.2) is 4.98 Å². The Bertz CT molecular complexity index is 580. The van der Waals surface area contributed by atoms with Crippen LogP contribution in [0, 0.1) is 13.8 Å². The largest absolute Gasteiger partial charge is 0.348 e. The van der Waals surface area contributed by atoms with Crippen molar-refractivity contribution in [3.8, 4) is 0 Å². The van der Waals surface area contributed by atoms with Crippen LogP contribution >= 0.6 is 11.3 Å². The molecule has 0 saturated carbocycles. The van der Waals surface area contributed by atoms with E-state index in [1.165, 1.54) is 4.88 Å². The minimum absolute atomic E-state index is 0.0404. The van der Waals surface area contributed by atoms with Gasteiger partial charge >= 0.3 is 0 Å². The fraction of sp³-hybridized carbons (Fsp3) is 0.400. The summed E-state index contributed by atoms with van der Waals surface area (Å²) in [7, 11) is 0. The first-order valence-electron chi connectivity index (χ1n) is 6.68. The van der Waals surface area contributed by atoms with Gasteiger partial charge in [0.05, 0.1) is 16.7 Å². The molecule has 20 heavy (non-hydrogen) atoms. The molecule has 4 nitrogen and oxygen atoms in total. The van der Waals surface area contributed by atoms with Gasteiger partial charge in [0.25, 0.3) is 0 Å². The molecule has 1 atom stereocenters. The average Bonchev–Trinajstić information content (AvgIpc) is 2.77. The van der Waals surface area contributed by atoms with Crippen LogP contribution < -0.4 is 5.32 Å². The van der Waals surface area contributed by atoms with Crippen molar-refractivity contribution < 1.29 is 4.79 Å². The summed E-state index contributed by atoms with van der Waals surface area (Å²) in [5, 5.41) is 4.04. The molecule has 106 valence electrons. The zero-order valence-corrected chi connectivity index (χ0v) is 12.8. The highest BCUT2D eigenvalue weighted by molar-refractivity contribution is 7.11. The van der Waals surface area contributed by atoms with E-state index in [0.717, 1.165) is 16.3 Å². The fourth-order valence-corrected chi connectivity index (χ4v) is 3.05. The molecule has 0 radical (unpaired) electrons. The Balaban J connectivity index is 1.87. The highest BCUT2D eigenvalue weighted by Gasteiger charge is 2.15. The van der Waals surface area contributed by atoms with Gasteiger partial charge in [0.1, 0.15) is 0 Å². The number of aryl methyl sites for hydroxylation is 3. The minimum Gasteiger partial charge on any atom is -0.348 e. The normalized spacial score (nSPS) is 12.2. The first-order valence-corrected chi connectivity index (χ1v) is 7.50. The van der Waals surface area contributed by atoms with E-state index in [2.05, 4.69) is 15.3 Å². The molecule has 1 amide bonds. The van der Waals surface area contributed by atoms with E-state index in [9.17, 15) is 4.79 Å². The topological polar surface area (TPSA) is 54.9 Å². The van der Waals surface area contributed by atoms with Crippen molar-refractivity contribution in [3.63, 3.8) is 0 Å². The molecule has 0 spiro atoms. The van der Waals surface area contributed by atoms with Gasteiger partial charge in [0.15, 0.2) is 0 Å². The number of rotatable bonds is 5. The number of carbonyl (C=O) groups excluding carboxylic acids is 1. The second-order valence-electron chi connectivity index (χ2n) is 4.82. The third kappa shape index (κ3) is 3.87. The van der Waals surface area contributed by atoms with Gasteiger partial charge in [0.2, 0.25) is 5.91 Å². The van der Waals surface area contributed by atoms with Gasteiger partial charge in [-0.1, -0.05) is 6.07 Å². The number of hydrogen-bond donors (Lipinski definition) is 1. The molecule has 0 bridgehead atoms. The molecule has 2 heterocycles. The molecule has 0 saturated heterocycles. The van der Waals surface area contributed by atoms with E-state index < -0.39 is 0 Å². The van der Waals surface area contributed by atoms with Gasteiger partial charge in [-0.2, -0.15) is 0 Å². The van der Waals surface area contributed by atoms with Crippen LogP contribution in [-0.4, -0.2) is 15.9 Å². The summed E-state index contributed by atoms with van der Waals surface area (Å²) >= 11 is 1.66. The molecule has 0 aliphatic carbocycles. The molecule has 0 unspecified atom stereocenters. The number of nitrogens with one attached hydrogen (secondary N) is 1. The van der Waals surface area contributed by atoms with Gasteiger partial charge in [0, 0.05) is 23.7 Å². The van der Waals surface area contributed by atoms with Crippen LogP contribution in [0.25, 0.3) is 0 Å². The predicted octanol–water partition coefficient (Wildman–Crippen LogP) is 2.96. The van der Waals surface area contributed by atoms with Crippen LogP contribution in [0.5, 0.6) is 0 Å². The third-order valence-electron chi connectivity index (χ3n) is 3.09. The third-order valence-corrected chi connectivity index (χ3v) is 3.99. The van der Waals surface area contributed by atoms with Gasteiger partial charge < -0.3 is 5.32 Å². The molecule has 2 aromatic heterocycles. The van der Waals surface area contributed by atoms with E-state index in [-0.39, 0.29) is 11.9 Å². The maximum absolute atomic E-state index is 12.0. The molecular formula is C15H19N3OS. The summed E-state index contributed by atoms with van der Waals surface area (Å²) in [5.41, 5.74) is 2.05. The van der Waals surface area contributed by atoms with E-state index in [1.807, 2.05) is 32.9 Å². The lowest BCUT2D eigenvalue weighted by atomic mass is 10.1. The molecule has 5 heteroatoms. The molecule has 0 fully saturated rings. The average molecular weight is 289 g/mol. The van der Waals surface area contributed by atoms with Gasteiger partial charge in [-0.15, -0.1) is 11.3 Å². The van der Waals surface area contributed by atoms with Crippen molar-refractivity contribution in [2.24, 2.45) is 0 Å². The molecule has 2 aromatic rings. The first-order chi connectivity index (χ1) is 9.56. The number of amides is 1. The molecular weight excluding hydrogens is 270 g/mol. The number of aromatic nitrogens is 2. The minimum atomic E-state index is -0.0404. The van der Waals surface area contributed by atoms with Crippen molar-refractivity contribution in [2.45, 2.75) is 39.7 Å². The van der Waals surface area contributed by atoms with E-state index in [1.54, 1.807) is 23.7 Å². The maximum atomic E-state index is 12.0. The SMILES string of the molecule is Cc1nc([C@H](C)NC(=O)CCc2cccnc2)c(C)s1. The summed E-state index contributed by atoms with van der Waals surface area (Å²) in [6, 6.07) is 3.83. The Morgan fingerprint density at radius 3 is 2.85 bits per heavy atom. The van der Waals surface area contributed by atoms with Crippen molar-refractivity contribution in [2.75, 3.05) is 0 Å². The van der Waals surface area contributed by atoms with E-state index in [4.69, 9.17) is 0 Å². The van der Waals surface area contributed by atoms with E-state index >= 15 is 0 Å². The highest BCUT2D eigenvalue weighted by atomic mass is 32.1. The molecule has 0 aliphatic rings. The second-order valence-corrected chi connectivity index (χ2v) is 6.23. The molecule has 0 aromatic carbocycles. The number of nitrogens with zero attached hydrogens (tertiary/aromatic N) is 2. The molecule has 1 N–H and O–H groups in total. The predicted molar refractivity (Wildman–Crippen MR) is 80.7 cm³/mol. The molecule has 2 rings (SSSR count). The Morgan fingerprint density at radius 1 is 1.45 bits per heavy atom. The maximum Gasteiger partial charge on any atom is 0.220 e. The highest BCUT2D eigenvalue weighted by Crippen LogP contribution is 2.22. The van der Waals surface area contributed by atoms with Crippen LogP contribution in [-0.2, 0) is 11.2 Å². The summed E-state index contributed by atoms with van der Waals surface area (Å²) in [6.45, 7) is 6.00. The Hall–Kier alpha value is -1.75. The Morgan fingerprint density at radius 2 is 2.25 bits per heavy atom. The number of hydrogen-bond acceptors (Lipinski definition) is 4. The second kappa shape index (κ2) is 6.61. The summed E-state index contributed by atoms with van der Waals surface area (Å²) < 4.78 is 0. The quantitative estimate of drug-likeness (QED) is 0.920. The summed E-state index contributed by atoms with van der Waals surface area (Å²) in [5.74, 6) is 0.0476. The van der Waals surface area contributed by atoms with Crippen LogP contribution in [0.3, 0.4) is 0 Å². The lowest BCUT2D eigenvalue weighted by Gasteiger charge is -2.12. The van der Waals surface area contributed by atoms with Crippen molar-refractivity contribution in [1.82, 2.24) is 15.3 Å². The zero-order valence-electron chi connectivity index (χ0n) is 12.0. The van der Waals surface area contributed by atoms with Crippen LogP contribution in [0.4, 0.5) is 0 Å². The molecule has 0 aliphatic heterocycles. The number of carbonyl (C=O) groups is 1. The lowest BCUT2D eigenvalue weighted by molar-refractivity contribution is -0.121. The Labute approximate surface area is 123 Å². The fourth-order valence-electron chi connectivity index (χ4n) is 2.13. The number of pyridine rings is 1. The summed E-state index contributed by atoms with van der Waals surface area (Å²) in [6.07, 6.45) is 4.71. The monoisotopic (exact) mass is 289 g/mol. The first kappa shape index (κ1) is 14.7. The van der Waals surface area contributed by atoms with Crippen molar-refractivity contribution in [3.05, 3.63) is 45.7 Å². The van der Waals surface area contributed by atoms with Crippen LogP contribution in [0.2, 0.25) is 0 Å². The summed E-state index contributed by atoms with van der Waals surface area (Å²) in [4.78, 5) is 21.7. The van der Waals surface area contributed by atoms with Gasteiger partial charge in [-0.05, 0) is 38.8 Å². The standard InChI is InChI=1S/C15H19N3OS/c1-10(15-11(2)20-12(3)18-15)17-14(19)7-6-13-5-4-8-16-9-13/h4-5,8-10H,6-7H2,1-3H3,(H,17,19)/t10-/m0/s1. The smallest absolute Gasteiger partial charge is 0.220 e. The van der Waals surface area contributed by atoms with E-state index in [0.29, 0.717) is 12.8 Å². The lowest BCUT2D eigenvalue weighted by Crippen LogP contribution is -2.27.